The lowest BCUT2D eigenvalue weighted by Gasteiger charge is -2.15. The predicted molar refractivity (Wildman–Crippen MR) is 56.4 cm³/mol. The second-order valence-electron chi connectivity index (χ2n) is 3.06. The van der Waals surface area contributed by atoms with Gasteiger partial charge in [0, 0.05) is 7.11 Å². The molecule has 0 bridgehead atoms. The van der Waals surface area contributed by atoms with Crippen molar-refractivity contribution in [2.45, 2.75) is 12.5 Å². The summed E-state index contributed by atoms with van der Waals surface area (Å²) in [5.74, 6) is 0.867. The van der Waals surface area contributed by atoms with Crippen molar-refractivity contribution in [3.63, 3.8) is 0 Å². The van der Waals surface area contributed by atoms with Gasteiger partial charge in [-0.15, -0.1) is 0 Å². The molecule has 0 saturated carbocycles. The number of para-hydroxylation sites is 1. The molecule has 0 saturated heterocycles. The first-order valence-corrected chi connectivity index (χ1v) is 4.77. The van der Waals surface area contributed by atoms with Gasteiger partial charge >= 0.3 is 0 Å². The van der Waals surface area contributed by atoms with E-state index >= 15 is 0 Å². The van der Waals surface area contributed by atoms with E-state index in [9.17, 15) is 0 Å². The topological polar surface area (TPSA) is 44.5 Å². The van der Waals surface area contributed by atoms with Gasteiger partial charge in [0.25, 0.3) is 0 Å². The number of nitrogens with two attached hydrogens (primary N) is 1. The third kappa shape index (κ3) is 3.77. The average molecular weight is 195 g/mol. The molecule has 0 fully saturated rings. The van der Waals surface area contributed by atoms with E-state index in [1.807, 2.05) is 30.3 Å². The zero-order chi connectivity index (χ0) is 10.2. The van der Waals surface area contributed by atoms with E-state index in [2.05, 4.69) is 0 Å². The zero-order valence-electron chi connectivity index (χ0n) is 8.48. The molecule has 3 nitrogen and oxygen atoms in total. The smallest absolute Gasteiger partial charge is 0.119 e. The summed E-state index contributed by atoms with van der Waals surface area (Å²) in [6, 6.07) is 9.70. The van der Waals surface area contributed by atoms with Crippen LogP contribution in [0.3, 0.4) is 0 Å². The molecular formula is C11H17NO2. The van der Waals surface area contributed by atoms with Gasteiger partial charge in [-0.25, -0.2) is 0 Å². The molecule has 0 aromatic heterocycles. The van der Waals surface area contributed by atoms with Gasteiger partial charge in [0.15, 0.2) is 0 Å². The highest BCUT2D eigenvalue weighted by Gasteiger charge is 2.06. The van der Waals surface area contributed by atoms with Crippen molar-refractivity contribution in [1.82, 2.24) is 0 Å². The van der Waals surface area contributed by atoms with Crippen molar-refractivity contribution in [2.75, 3.05) is 20.3 Å². The Labute approximate surface area is 84.8 Å². The molecular weight excluding hydrogens is 178 g/mol. The minimum atomic E-state index is 0.0835. The molecule has 14 heavy (non-hydrogen) atoms. The lowest BCUT2D eigenvalue weighted by atomic mass is 10.2. The fraction of sp³-hybridized carbons (Fsp3) is 0.455. The first-order valence-electron chi connectivity index (χ1n) is 4.77. The summed E-state index contributed by atoms with van der Waals surface area (Å²) in [6.07, 6.45) is 0.906. The van der Waals surface area contributed by atoms with Crippen molar-refractivity contribution in [2.24, 2.45) is 5.73 Å². The molecule has 78 valence electrons. The lowest BCUT2D eigenvalue weighted by molar-refractivity contribution is 0.0538. The Morgan fingerprint density at radius 1 is 1.29 bits per heavy atom. The highest BCUT2D eigenvalue weighted by Crippen LogP contribution is 2.09. The molecule has 0 aliphatic rings. The largest absolute Gasteiger partial charge is 0.491 e. The van der Waals surface area contributed by atoms with Crippen LogP contribution in [-0.2, 0) is 4.74 Å². The van der Waals surface area contributed by atoms with E-state index in [4.69, 9.17) is 15.2 Å². The van der Waals surface area contributed by atoms with Crippen molar-refractivity contribution in [3.05, 3.63) is 30.3 Å². The molecule has 0 spiro atoms. The maximum absolute atomic E-state index is 5.53. The highest BCUT2D eigenvalue weighted by atomic mass is 16.5. The predicted octanol–water partition coefficient (Wildman–Crippen LogP) is 1.43. The number of hydrogen-bond acceptors (Lipinski definition) is 3. The zero-order valence-corrected chi connectivity index (χ0v) is 8.48. The molecule has 2 N–H and O–H groups in total. The van der Waals surface area contributed by atoms with Crippen molar-refractivity contribution in [1.29, 1.82) is 0 Å². The molecule has 1 rings (SSSR count). The molecule has 1 aromatic carbocycles. The van der Waals surface area contributed by atoms with Crippen LogP contribution in [0.5, 0.6) is 5.75 Å². The van der Waals surface area contributed by atoms with Gasteiger partial charge < -0.3 is 15.2 Å². The monoisotopic (exact) mass is 195 g/mol. The fourth-order valence-corrected chi connectivity index (χ4v) is 1.16. The maximum Gasteiger partial charge on any atom is 0.119 e. The second-order valence-corrected chi connectivity index (χ2v) is 3.06. The summed E-state index contributed by atoms with van der Waals surface area (Å²) in [6.45, 7) is 1.17. The van der Waals surface area contributed by atoms with Crippen LogP contribution >= 0.6 is 0 Å². The Balaban J connectivity index is 2.32. The van der Waals surface area contributed by atoms with Crippen molar-refractivity contribution in [3.8, 4) is 5.75 Å². The number of benzene rings is 1. The van der Waals surface area contributed by atoms with Gasteiger partial charge in [-0.3, -0.25) is 0 Å². The SMILES string of the molecule is COC(CCN)COc1ccccc1. The van der Waals surface area contributed by atoms with Crippen LogP contribution < -0.4 is 10.5 Å². The summed E-state index contributed by atoms with van der Waals surface area (Å²) in [5.41, 5.74) is 5.44. The summed E-state index contributed by atoms with van der Waals surface area (Å²) in [4.78, 5) is 0. The van der Waals surface area contributed by atoms with Gasteiger partial charge in [-0.05, 0) is 25.1 Å². The Hall–Kier alpha value is -1.06. The maximum atomic E-state index is 5.53. The molecule has 1 aromatic rings. The van der Waals surface area contributed by atoms with E-state index in [0.717, 1.165) is 12.2 Å². The van der Waals surface area contributed by atoms with E-state index in [1.54, 1.807) is 7.11 Å². The fourth-order valence-electron chi connectivity index (χ4n) is 1.16. The summed E-state index contributed by atoms with van der Waals surface area (Å²) >= 11 is 0. The van der Waals surface area contributed by atoms with E-state index in [-0.39, 0.29) is 6.10 Å². The summed E-state index contributed by atoms with van der Waals surface area (Å²) < 4.78 is 10.7. The van der Waals surface area contributed by atoms with Crippen LogP contribution in [0.2, 0.25) is 0 Å². The summed E-state index contributed by atoms with van der Waals surface area (Å²) in [7, 11) is 1.68. The van der Waals surface area contributed by atoms with Crippen molar-refractivity contribution >= 4 is 0 Å². The second kappa shape index (κ2) is 6.40. The average Bonchev–Trinajstić information content (AvgIpc) is 2.25. The molecule has 0 heterocycles. The van der Waals surface area contributed by atoms with Crippen LogP contribution in [0.1, 0.15) is 6.42 Å². The van der Waals surface area contributed by atoms with Crippen LogP contribution in [0, 0.1) is 0 Å². The van der Waals surface area contributed by atoms with Crippen LogP contribution in [0.4, 0.5) is 0 Å². The third-order valence-electron chi connectivity index (χ3n) is 2.00. The normalized spacial score (nSPS) is 12.4. The van der Waals surface area contributed by atoms with Gasteiger partial charge in [0.1, 0.15) is 12.4 Å². The Morgan fingerprint density at radius 3 is 2.57 bits per heavy atom. The van der Waals surface area contributed by atoms with Crippen LogP contribution in [0.15, 0.2) is 30.3 Å². The molecule has 3 heteroatoms. The van der Waals surface area contributed by atoms with Crippen molar-refractivity contribution < 1.29 is 9.47 Å². The van der Waals surface area contributed by atoms with Gasteiger partial charge in [-0.1, -0.05) is 18.2 Å². The first kappa shape index (κ1) is 11.0. The van der Waals surface area contributed by atoms with E-state index in [0.29, 0.717) is 13.2 Å². The Bertz CT molecular complexity index is 238. The quantitative estimate of drug-likeness (QED) is 0.746. The van der Waals surface area contributed by atoms with Crippen LogP contribution in [-0.4, -0.2) is 26.4 Å². The minimum Gasteiger partial charge on any atom is -0.491 e. The standard InChI is InChI=1S/C11H17NO2/c1-13-11(7-8-12)9-14-10-5-3-2-4-6-10/h2-6,11H,7-9,12H2,1H3. The Morgan fingerprint density at radius 2 is 2.00 bits per heavy atom. The molecule has 0 amide bonds. The number of methoxy groups -OCH3 is 1. The lowest BCUT2D eigenvalue weighted by Crippen LogP contribution is -2.23. The van der Waals surface area contributed by atoms with E-state index < -0.39 is 0 Å². The minimum absolute atomic E-state index is 0.0835. The molecule has 0 radical (unpaired) electrons. The number of hydrogen-bond donors (Lipinski definition) is 1. The molecule has 1 atom stereocenters. The third-order valence-corrected chi connectivity index (χ3v) is 2.00. The van der Waals surface area contributed by atoms with Gasteiger partial charge in [-0.2, -0.15) is 0 Å². The van der Waals surface area contributed by atoms with Gasteiger partial charge in [0.2, 0.25) is 0 Å². The molecule has 0 aliphatic heterocycles. The van der Waals surface area contributed by atoms with E-state index in [1.165, 1.54) is 0 Å². The Kier molecular flexibility index (Phi) is 5.04. The number of ether oxygens (including phenoxy) is 2. The first-order chi connectivity index (χ1) is 6.86. The van der Waals surface area contributed by atoms with Crippen LogP contribution in [0.25, 0.3) is 0 Å². The van der Waals surface area contributed by atoms with Gasteiger partial charge in [0.05, 0.1) is 6.10 Å². The molecule has 1 unspecified atom stereocenters. The number of rotatable bonds is 6. The molecule has 0 aliphatic carbocycles. The summed E-state index contributed by atoms with van der Waals surface area (Å²) in [5, 5.41) is 0. The highest BCUT2D eigenvalue weighted by molar-refractivity contribution is 5.20.